The lowest BCUT2D eigenvalue weighted by atomic mass is 9.96. The quantitative estimate of drug-likeness (QED) is 0.738. The van der Waals surface area contributed by atoms with Gasteiger partial charge in [0.15, 0.2) is 0 Å². The number of rotatable bonds is 5. The second-order valence-corrected chi connectivity index (χ2v) is 6.06. The first-order valence-electron chi connectivity index (χ1n) is 7.41. The van der Waals surface area contributed by atoms with Crippen molar-refractivity contribution < 1.29 is 0 Å². The Hall–Kier alpha value is -1.71. The monoisotopic (exact) mass is 296 g/mol. The van der Waals surface area contributed by atoms with Crippen LogP contribution in [-0.4, -0.2) is 11.5 Å². The Bertz CT molecular complexity index is 727. The average Bonchev–Trinajstić information content (AvgIpc) is 2.94. The SMILES string of the molecule is CCCNC(c1cscc1C)c1cccc2cccnc12. The number of aromatic nitrogens is 1. The molecule has 3 rings (SSSR count). The number of aryl methyl sites for hydroxylation is 1. The number of para-hydroxylation sites is 1. The van der Waals surface area contributed by atoms with E-state index in [0.29, 0.717) is 0 Å². The largest absolute Gasteiger partial charge is 0.306 e. The van der Waals surface area contributed by atoms with E-state index in [9.17, 15) is 0 Å². The minimum absolute atomic E-state index is 0.217. The summed E-state index contributed by atoms with van der Waals surface area (Å²) in [4.78, 5) is 4.61. The van der Waals surface area contributed by atoms with Gasteiger partial charge in [0.2, 0.25) is 0 Å². The molecule has 21 heavy (non-hydrogen) atoms. The maximum absolute atomic E-state index is 4.61. The summed E-state index contributed by atoms with van der Waals surface area (Å²) in [5.74, 6) is 0. The van der Waals surface area contributed by atoms with Crippen LogP contribution in [0.3, 0.4) is 0 Å². The van der Waals surface area contributed by atoms with E-state index >= 15 is 0 Å². The van der Waals surface area contributed by atoms with Crippen LogP contribution in [0.15, 0.2) is 47.3 Å². The molecule has 1 atom stereocenters. The van der Waals surface area contributed by atoms with Crippen LogP contribution in [0.25, 0.3) is 10.9 Å². The van der Waals surface area contributed by atoms with E-state index in [1.807, 2.05) is 12.3 Å². The van der Waals surface area contributed by atoms with Crippen LogP contribution in [0.1, 0.15) is 36.1 Å². The molecule has 0 saturated heterocycles. The number of thiophene rings is 1. The molecule has 2 heterocycles. The molecular formula is C18H20N2S. The highest BCUT2D eigenvalue weighted by Gasteiger charge is 2.18. The van der Waals surface area contributed by atoms with Gasteiger partial charge in [-0.25, -0.2) is 0 Å². The van der Waals surface area contributed by atoms with Crippen LogP contribution in [-0.2, 0) is 0 Å². The van der Waals surface area contributed by atoms with Crippen LogP contribution >= 0.6 is 11.3 Å². The Labute approximate surface area is 129 Å². The lowest BCUT2D eigenvalue weighted by Gasteiger charge is -2.20. The molecular weight excluding hydrogens is 276 g/mol. The molecule has 0 spiro atoms. The van der Waals surface area contributed by atoms with Crippen molar-refractivity contribution in [3.8, 4) is 0 Å². The second kappa shape index (κ2) is 6.37. The number of fused-ring (bicyclic) bond motifs is 1. The number of benzene rings is 1. The molecule has 1 unspecified atom stereocenters. The minimum Gasteiger partial charge on any atom is -0.306 e. The molecule has 0 aliphatic carbocycles. The van der Waals surface area contributed by atoms with Crippen LogP contribution in [0.4, 0.5) is 0 Å². The molecule has 2 nitrogen and oxygen atoms in total. The first-order valence-corrected chi connectivity index (χ1v) is 8.35. The van der Waals surface area contributed by atoms with Crippen molar-refractivity contribution in [3.63, 3.8) is 0 Å². The zero-order chi connectivity index (χ0) is 14.7. The first kappa shape index (κ1) is 14.2. The third-order valence-electron chi connectivity index (χ3n) is 3.78. The van der Waals surface area contributed by atoms with Gasteiger partial charge in [-0.1, -0.05) is 31.2 Å². The van der Waals surface area contributed by atoms with Crippen LogP contribution < -0.4 is 5.32 Å². The molecule has 3 heteroatoms. The molecule has 3 aromatic rings. The summed E-state index contributed by atoms with van der Waals surface area (Å²) < 4.78 is 0. The summed E-state index contributed by atoms with van der Waals surface area (Å²) in [5, 5.41) is 9.36. The Morgan fingerprint density at radius 3 is 2.76 bits per heavy atom. The van der Waals surface area contributed by atoms with Crippen molar-refractivity contribution in [2.45, 2.75) is 26.3 Å². The molecule has 108 valence electrons. The van der Waals surface area contributed by atoms with Crippen LogP contribution in [0.5, 0.6) is 0 Å². The Balaban J connectivity index is 2.12. The van der Waals surface area contributed by atoms with E-state index in [2.05, 4.69) is 59.2 Å². The third kappa shape index (κ3) is 2.85. The summed E-state index contributed by atoms with van der Waals surface area (Å²) in [6.07, 6.45) is 3.00. The van der Waals surface area contributed by atoms with Gasteiger partial charge in [-0.15, -0.1) is 0 Å². The van der Waals surface area contributed by atoms with E-state index in [-0.39, 0.29) is 6.04 Å². The third-order valence-corrected chi connectivity index (χ3v) is 4.66. The number of hydrogen-bond acceptors (Lipinski definition) is 3. The van der Waals surface area contributed by atoms with E-state index in [0.717, 1.165) is 18.5 Å². The van der Waals surface area contributed by atoms with E-state index < -0.39 is 0 Å². The van der Waals surface area contributed by atoms with Gasteiger partial charge in [-0.3, -0.25) is 4.98 Å². The van der Waals surface area contributed by atoms with Crippen molar-refractivity contribution >= 4 is 22.2 Å². The number of hydrogen-bond donors (Lipinski definition) is 1. The Morgan fingerprint density at radius 2 is 2.00 bits per heavy atom. The Kier molecular flexibility index (Phi) is 4.32. The molecule has 2 aromatic heterocycles. The van der Waals surface area contributed by atoms with Gasteiger partial charge in [0.05, 0.1) is 11.6 Å². The van der Waals surface area contributed by atoms with E-state index in [1.165, 1.54) is 22.1 Å². The fourth-order valence-electron chi connectivity index (χ4n) is 2.70. The van der Waals surface area contributed by atoms with Crippen molar-refractivity contribution in [2.75, 3.05) is 6.54 Å². The highest BCUT2D eigenvalue weighted by molar-refractivity contribution is 7.08. The summed E-state index contributed by atoms with van der Waals surface area (Å²) in [6.45, 7) is 5.39. The van der Waals surface area contributed by atoms with Crippen LogP contribution in [0, 0.1) is 6.92 Å². The van der Waals surface area contributed by atoms with Gasteiger partial charge in [0.25, 0.3) is 0 Å². The van der Waals surface area contributed by atoms with E-state index in [1.54, 1.807) is 11.3 Å². The number of nitrogens with zero attached hydrogens (tertiary/aromatic N) is 1. The lowest BCUT2D eigenvalue weighted by molar-refractivity contribution is 0.600. The molecule has 0 aliphatic heterocycles. The molecule has 0 radical (unpaired) electrons. The first-order chi connectivity index (χ1) is 10.3. The maximum atomic E-state index is 4.61. The zero-order valence-electron chi connectivity index (χ0n) is 12.5. The summed E-state index contributed by atoms with van der Waals surface area (Å²) in [7, 11) is 0. The highest BCUT2D eigenvalue weighted by atomic mass is 32.1. The predicted octanol–water partition coefficient (Wildman–Crippen LogP) is 4.69. The Morgan fingerprint density at radius 1 is 1.14 bits per heavy atom. The van der Waals surface area contributed by atoms with Gasteiger partial charge in [0, 0.05) is 11.6 Å². The smallest absolute Gasteiger partial charge is 0.0753 e. The molecule has 0 bridgehead atoms. The zero-order valence-corrected chi connectivity index (χ0v) is 13.3. The minimum atomic E-state index is 0.217. The number of pyridine rings is 1. The van der Waals surface area contributed by atoms with Gasteiger partial charge < -0.3 is 5.32 Å². The number of nitrogens with one attached hydrogen (secondary N) is 1. The topological polar surface area (TPSA) is 24.9 Å². The molecule has 0 aliphatic rings. The molecule has 0 amide bonds. The molecule has 1 aromatic carbocycles. The fourth-order valence-corrected chi connectivity index (χ4v) is 3.58. The summed E-state index contributed by atoms with van der Waals surface area (Å²) >= 11 is 1.77. The van der Waals surface area contributed by atoms with Gasteiger partial charge in [0.1, 0.15) is 0 Å². The summed E-state index contributed by atoms with van der Waals surface area (Å²) in [5.41, 5.74) is 5.08. The van der Waals surface area contributed by atoms with Crippen molar-refractivity contribution in [3.05, 3.63) is 64.0 Å². The molecule has 0 fully saturated rings. The molecule has 1 N–H and O–H groups in total. The van der Waals surface area contributed by atoms with Gasteiger partial charge in [-0.05, 0) is 53.4 Å². The second-order valence-electron chi connectivity index (χ2n) is 5.32. The highest BCUT2D eigenvalue weighted by Crippen LogP contribution is 2.31. The van der Waals surface area contributed by atoms with Crippen molar-refractivity contribution in [1.29, 1.82) is 0 Å². The maximum Gasteiger partial charge on any atom is 0.0753 e. The van der Waals surface area contributed by atoms with E-state index in [4.69, 9.17) is 0 Å². The lowest BCUT2D eigenvalue weighted by Crippen LogP contribution is -2.23. The summed E-state index contributed by atoms with van der Waals surface area (Å²) in [6, 6.07) is 10.8. The fraction of sp³-hybridized carbons (Fsp3) is 0.278. The average molecular weight is 296 g/mol. The van der Waals surface area contributed by atoms with Crippen molar-refractivity contribution in [1.82, 2.24) is 10.3 Å². The molecule has 0 saturated carbocycles. The standard InChI is InChI=1S/C18H20N2S/c1-3-9-19-18(16-12-21-11-13(16)2)15-8-4-6-14-7-5-10-20-17(14)15/h4-8,10-12,18-19H,3,9H2,1-2H3. The van der Waals surface area contributed by atoms with Gasteiger partial charge in [-0.2, -0.15) is 11.3 Å². The normalized spacial score (nSPS) is 12.7. The predicted molar refractivity (Wildman–Crippen MR) is 90.9 cm³/mol. The van der Waals surface area contributed by atoms with Gasteiger partial charge >= 0.3 is 0 Å². The van der Waals surface area contributed by atoms with Crippen LogP contribution in [0.2, 0.25) is 0 Å². The van der Waals surface area contributed by atoms with Crippen molar-refractivity contribution in [2.24, 2.45) is 0 Å².